The lowest BCUT2D eigenvalue weighted by Gasteiger charge is -2.34. The maximum absolute atomic E-state index is 13.4. The summed E-state index contributed by atoms with van der Waals surface area (Å²) < 4.78 is 28.3. The maximum atomic E-state index is 13.4. The van der Waals surface area contributed by atoms with E-state index in [0.29, 0.717) is 11.7 Å². The van der Waals surface area contributed by atoms with E-state index in [9.17, 15) is 8.78 Å². The average Bonchev–Trinajstić information content (AvgIpc) is 3.08. The van der Waals surface area contributed by atoms with Gasteiger partial charge >= 0.3 is 0 Å². The highest BCUT2D eigenvalue weighted by Gasteiger charge is 2.24. The summed E-state index contributed by atoms with van der Waals surface area (Å²) in [5.74, 6) is 0.578. The zero-order chi connectivity index (χ0) is 18.3. The number of rotatable bonds is 3. The molecule has 1 aromatic carbocycles. The van der Waals surface area contributed by atoms with Gasteiger partial charge < -0.3 is 4.90 Å². The van der Waals surface area contributed by atoms with Gasteiger partial charge in [0.05, 0.1) is 0 Å². The minimum atomic E-state index is -0.788. The van der Waals surface area contributed by atoms with Crippen molar-refractivity contribution in [3.8, 4) is 0 Å². The van der Waals surface area contributed by atoms with Crippen molar-refractivity contribution in [3.63, 3.8) is 0 Å². The Balaban J connectivity index is 1.49. The fourth-order valence-electron chi connectivity index (χ4n) is 3.74. The second kappa shape index (κ2) is 6.63. The molecule has 0 unspecified atom stereocenters. The molecule has 0 aliphatic carbocycles. The molecule has 0 amide bonds. The quantitative estimate of drug-likeness (QED) is 0.720. The van der Waals surface area contributed by atoms with E-state index in [-0.39, 0.29) is 0 Å². The molecule has 3 aromatic rings. The summed E-state index contributed by atoms with van der Waals surface area (Å²) in [4.78, 5) is 11.0. The second-order valence-corrected chi connectivity index (χ2v) is 7.00. The highest BCUT2D eigenvalue weighted by Crippen LogP contribution is 2.29. The van der Waals surface area contributed by atoms with Gasteiger partial charge in [0.25, 0.3) is 5.78 Å². The van der Waals surface area contributed by atoms with Crippen LogP contribution in [0, 0.1) is 31.4 Å². The smallest absolute Gasteiger partial charge is 0.254 e. The van der Waals surface area contributed by atoms with Crippen molar-refractivity contribution in [3.05, 3.63) is 53.0 Å². The number of hydrogen-bond donors (Lipinski definition) is 0. The van der Waals surface area contributed by atoms with Gasteiger partial charge in [0.15, 0.2) is 11.6 Å². The Labute approximate surface area is 150 Å². The number of benzene rings is 1. The normalized spacial score (nSPS) is 15.8. The van der Waals surface area contributed by atoms with E-state index in [1.807, 2.05) is 6.92 Å². The summed E-state index contributed by atoms with van der Waals surface area (Å²) in [6.07, 6.45) is 4.30. The van der Waals surface area contributed by atoms with Crippen LogP contribution < -0.4 is 4.90 Å². The van der Waals surface area contributed by atoms with Gasteiger partial charge in [-0.3, -0.25) is 0 Å². The number of halogens is 2. The van der Waals surface area contributed by atoms with Crippen molar-refractivity contribution in [1.82, 2.24) is 19.6 Å². The zero-order valence-corrected chi connectivity index (χ0v) is 14.9. The van der Waals surface area contributed by atoms with Gasteiger partial charge in [-0.25, -0.2) is 13.8 Å². The molecule has 0 radical (unpaired) electrons. The van der Waals surface area contributed by atoms with Crippen molar-refractivity contribution in [1.29, 1.82) is 0 Å². The Morgan fingerprint density at radius 1 is 1.12 bits per heavy atom. The van der Waals surface area contributed by atoms with Crippen LogP contribution in [0.2, 0.25) is 0 Å². The molecule has 7 heteroatoms. The van der Waals surface area contributed by atoms with Gasteiger partial charge in [0, 0.05) is 24.3 Å². The zero-order valence-electron chi connectivity index (χ0n) is 14.9. The lowest BCUT2D eigenvalue weighted by Crippen LogP contribution is -2.36. The molecule has 3 heterocycles. The third kappa shape index (κ3) is 3.02. The van der Waals surface area contributed by atoms with E-state index in [2.05, 4.69) is 26.9 Å². The Morgan fingerprint density at radius 3 is 2.62 bits per heavy atom. The molecule has 136 valence electrons. The third-order valence-corrected chi connectivity index (χ3v) is 5.30. The first-order valence-electron chi connectivity index (χ1n) is 8.88. The van der Waals surface area contributed by atoms with E-state index in [4.69, 9.17) is 0 Å². The van der Waals surface area contributed by atoms with Gasteiger partial charge in [-0.2, -0.15) is 14.6 Å². The molecule has 0 saturated carbocycles. The summed E-state index contributed by atoms with van der Waals surface area (Å²) in [5.41, 5.74) is 2.93. The Morgan fingerprint density at radius 2 is 1.88 bits per heavy atom. The molecule has 1 aliphatic heterocycles. The summed E-state index contributed by atoms with van der Waals surface area (Å²) in [6.45, 7) is 5.84. The van der Waals surface area contributed by atoms with E-state index >= 15 is 0 Å². The first kappa shape index (κ1) is 16.9. The van der Waals surface area contributed by atoms with Crippen molar-refractivity contribution in [2.45, 2.75) is 33.1 Å². The van der Waals surface area contributed by atoms with Crippen LogP contribution in [0.4, 0.5) is 14.6 Å². The first-order chi connectivity index (χ1) is 12.5. The number of aryl methyl sites for hydroxylation is 1. The number of hydrogen-bond acceptors (Lipinski definition) is 4. The maximum Gasteiger partial charge on any atom is 0.254 e. The standard InChI is InChI=1S/C19H21F2N5/c1-12-13(2)24-19-22-11-23-26(19)18(12)25-7-5-14(6-8-25)9-15-3-4-16(20)17(21)10-15/h3-4,10-11,14H,5-9H2,1-2H3. The van der Waals surface area contributed by atoms with Crippen molar-refractivity contribution >= 4 is 11.6 Å². The Kier molecular flexibility index (Phi) is 4.30. The fraction of sp³-hybridized carbons (Fsp3) is 0.421. The predicted molar refractivity (Wildman–Crippen MR) is 95.3 cm³/mol. The number of nitrogens with zero attached hydrogens (tertiary/aromatic N) is 5. The van der Waals surface area contributed by atoms with Crippen LogP contribution >= 0.6 is 0 Å². The van der Waals surface area contributed by atoms with Crippen LogP contribution in [0.25, 0.3) is 5.78 Å². The van der Waals surface area contributed by atoms with Gasteiger partial charge in [0.1, 0.15) is 12.1 Å². The second-order valence-electron chi connectivity index (χ2n) is 7.00. The molecule has 1 saturated heterocycles. The molecule has 1 fully saturated rings. The lowest BCUT2D eigenvalue weighted by molar-refractivity contribution is 0.399. The van der Waals surface area contributed by atoms with E-state index < -0.39 is 11.6 Å². The molecule has 0 atom stereocenters. The summed E-state index contributed by atoms with van der Waals surface area (Å²) in [5, 5.41) is 4.32. The van der Waals surface area contributed by atoms with Crippen LogP contribution in [-0.4, -0.2) is 32.7 Å². The summed E-state index contributed by atoms with van der Waals surface area (Å²) in [7, 11) is 0. The fourth-order valence-corrected chi connectivity index (χ4v) is 3.74. The molecule has 0 bridgehead atoms. The van der Waals surface area contributed by atoms with Crippen molar-refractivity contribution < 1.29 is 8.78 Å². The number of piperidine rings is 1. The minimum absolute atomic E-state index is 0.464. The topological polar surface area (TPSA) is 46.3 Å². The molecule has 2 aromatic heterocycles. The molecular weight excluding hydrogens is 336 g/mol. The molecular formula is C19H21F2N5. The monoisotopic (exact) mass is 357 g/mol. The SMILES string of the molecule is Cc1nc2ncnn2c(N2CCC(Cc3ccc(F)c(F)c3)CC2)c1C. The lowest BCUT2D eigenvalue weighted by atomic mass is 9.90. The summed E-state index contributed by atoms with van der Waals surface area (Å²) in [6, 6.07) is 4.21. The molecule has 4 rings (SSSR count). The molecule has 5 nitrogen and oxygen atoms in total. The highest BCUT2D eigenvalue weighted by atomic mass is 19.2. The number of fused-ring (bicyclic) bond motifs is 1. The highest BCUT2D eigenvalue weighted by molar-refractivity contribution is 5.54. The van der Waals surface area contributed by atoms with E-state index in [0.717, 1.165) is 55.0 Å². The number of aromatic nitrogens is 4. The Hall–Kier alpha value is -2.57. The minimum Gasteiger partial charge on any atom is -0.356 e. The van der Waals surface area contributed by atoms with Gasteiger partial charge in [-0.1, -0.05) is 6.07 Å². The van der Waals surface area contributed by atoms with Crippen LogP contribution in [-0.2, 0) is 6.42 Å². The molecule has 0 N–H and O–H groups in total. The van der Waals surface area contributed by atoms with Gasteiger partial charge in [-0.05, 0) is 56.7 Å². The third-order valence-electron chi connectivity index (χ3n) is 5.30. The van der Waals surface area contributed by atoms with E-state index in [1.54, 1.807) is 10.6 Å². The average molecular weight is 357 g/mol. The van der Waals surface area contributed by atoms with Crippen molar-refractivity contribution in [2.24, 2.45) is 5.92 Å². The predicted octanol–water partition coefficient (Wildman–Crippen LogP) is 3.48. The van der Waals surface area contributed by atoms with Crippen LogP contribution in [0.5, 0.6) is 0 Å². The molecule has 1 aliphatic rings. The molecule has 0 spiro atoms. The first-order valence-corrected chi connectivity index (χ1v) is 8.88. The van der Waals surface area contributed by atoms with Crippen LogP contribution in [0.3, 0.4) is 0 Å². The van der Waals surface area contributed by atoms with E-state index in [1.165, 1.54) is 18.5 Å². The van der Waals surface area contributed by atoms with Crippen LogP contribution in [0.15, 0.2) is 24.5 Å². The van der Waals surface area contributed by atoms with Gasteiger partial charge in [-0.15, -0.1) is 0 Å². The largest absolute Gasteiger partial charge is 0.356 e. The van der Waals surface area contributed by atoms with Crippen molar-refractivity contribution in [2.75, 3.05) is 18.0 Å². The Bertz CT molecular complexity index is 944. The summed E-state index contributed by atoms with van der Waals surface area (Å²) >= 11 is 0. The molecule has 26 heavy (non-hydrogen) atoms. The van der Waals surface area contributed by atoms with Gasteiger partial charge in [0.2, 0.25) is 0 Å². The number of anilines is 1. The van der Waals surface area contributed by atoms with Crippen LogP contribution in [0.1, 0.15) is 29.7 Å².